The first-order chi connectivity index (χ1) is 9.58. The summed E-state index contributed by atoms with van der Waals surface area (Å²) in [4.78, 5) is 11.6. The quantitative estimate of drug-likeness (QED) is 0.810. The molecule has 0 aliphatic carbocycles. The van der Waals surface area contributed by atoms with Crippen LogP contribution in [0.15, 0.2) is 6.07 Å². The topological polar surface area (TPSA) is 50.3 Å². The molecule has 20 heavy (non-hydrogen) atoms. The van der Waals surface area contributed by atoms with E-state index in [1.807, 2.05) is 0 Å². The highest BCUT2D eigenvalue weighted by Gasteiger charge is 2.26. The molecule has 0 bridgehead atoms. The van der Waals surface area contributed by atoms with Gasteiger partial charge in [0.05, 0.1) is 24.9 Å². The molecule has 0 spiro atoms. The molecule has 0 radical (unpaired) electrons. The number of thiol groups is 1. The van der Waals surface area contributed by atoms with E-state index in [0.717, 1.165) is 49.5 Å². The molecule has 0 aromatic carbocycles. The van der Waals surface area contributed by atoms with Crippen LogP contribution in [0.4, 0.5) is 11.8 Å². The number of ether oxygens (including phenoxy) is 1. The van der Waals surface area contributed by atoms with Gasteiger partial charge in [-0.3, -0.25) is 0 Å². The normalized spacial score (nSPS) is 19.4. The molecule has 1 N–H and O–H groups in total. The summed E-state index contributed by atoms with van der Waals surface area (Å²) in [5.74, 6) is 2.50. The van der Waals surface area contributed by atoms with Gasteiger partial charge >= 0.3 is 0 Å². The zero-order valence-corrected chi connectivity index (χ0v) is 13.0. The summed E-state index contributed by atoms with van der Waals surface area (Å²) in [5, 5.41) is 3.43. The van der Waals surface area contributed by atoms with E-state index in [9.17, 15) is 0 Å². The van der Waals surface area contributed by atoms with Crippen molar-refractivity contribution in [2.24, 2.45) is 0 Å². The predicted octanol–water partition coefficient (Wildman–Crippen LogP) is 1.70. The molecule has 0 unspecified atom stereocenters. The van der Waals surface area contributed by atoms with E-state index in [1.165, 1.54) is 6.42 Å². The molecule has 0 saturated carbocycles. The Labute approximate surface area is 125 Å². The summed E-state index contributed by atoms with van der Waals surface area (Å²) >= 11 is 4.45. The molecular weight excluding hydrogens is 272 g/mol. The van der Waals surface area contributed by atoms with Gasteiger partial charge in [0.15, 0.2) is 0 Å². The second-order valence-corrected chi connectivity index (χ2v) is 6.52. The minimum atomic E-state index is -0.0573. The maximum absolute atomic E-state index is 5.21. The first kappa shape index (κ1) is 13.9. The first-order valence-corrected chi connectivity index (χ1v) is 7.81. The second kappa shape index (κ2) is 5.41. The average Bonchev–Trinajstić information content (AvgIpc) is 2.31. The van der Waals surface area contributed by atoms with Crippen LogP contribution in [0.5, 0.6) is 0 Å². The molecule has 3 heterocycles. The fourth-order valence-corrected chi connectivity index (χ4v) is 2.28. The molecule has 5 nitrogen and oxygen atoms in total. The second-order valence-electron chi connectivity index (χ2n) is 6.20. The molecule has 2 aliphatic heterocycles. The van der Waals surface area contributed by atoms with Crippen molar-refractivity contribution in [3.63, 3.8) is 0 Å². The van der Waals surface area contributed by atoms with Crippen molar-refractivity contribution in [1.82, 2.24) is 9.97 Å². The van der Waals surface area contributed by atoms with Crippen LogP contribution in [0, 0.1) is 0 Å². The molecule has 0 amide bonds. The van der Waals surface area contributed by atoms with Gasteiger partial charge in [-0.2, -0.15) is 17.6 Å². The van der Waals surface area contributed by atoms with Gasteiger partial charge < -0.3 is 15.0 Å². The van der Waals surface area contributed by atoms with Crippen LogP contribution in [0.2, 0.25) is 0 Å². The summed E-state index contributed by atoms with van der Waals surface area (Å²) < 4.78 is 5.21. The van der Waals surface area contributed by atoms with Crippen LogP contribution in [-0.2, 0) is 10.2 Å². The molecule has 2 saturated heterocycles. The van der Waals surface area contributed by atoms with Gasteiger partial charge in [0.1, 0.15) is 5.82 Å². The lowest BCUT2D eigenvalue weighted by Gasteiger charge is -2.33. The van der Waals surface area contributed by atoms with Crippen LogP contribution >= 0.6 is 12.6 Å². The molecule has 6 heteroatoms. The van der Waals surface area contributed by atoms with Crippen molar-refractivity contribution >= 4 is 24.4 Å². The molecule has 2 aliphatic rings. The monoisotopic (exact) mass is 294 g/mol. The Hall–Kier alpha value is -1.01. The molecule has 110 valence electrons. The highest BCUT2D eigenvalue weighted by atomic mass is 32.1. The van der Waals surface area contributed by atoms with E-state index in [-0.39, 0.29) is 5.41 Å². The van der Waals surface area contributed by atoms with E-state index in [1.54, 1.807) is 0 Å². The Morgan fingerprint density at radius 1 is 1.40 bits per heavy atom. The zero-order chi connectivity index (χ0) is 14.2. The highest BCUT2D eigenvalue weighted by Crippen LogP contribution is 2.28. The average molecular weight is 294 g/mol. The maximum atomic E-state index is 5.21. The standard InChI is InChI=1S/C14H22N4OS/c1-14(2,9-20)11-6-12(15-10-7-19-8-10)17-13(16-11)18-4-3-5-18/h6,10,20H,3-5,7-9H2,1-2H3,(H,15,16,17). The summed E-state index contributed by atoms with van der Waals surface area (Å²) in [7, 11) is 0. The minimum Gasteiger partial charge on any atom is -0.377 e. The third-order valence-corrected chi connectivity index (χ3v) is 4.72. The van der Waals surface area contributed by atoms with E-state index in [2.05, 4.69) is 47.7 Å². The van der Waals surface area contributed by atoms with Crippen molar-refractivity contribution in [2.45, 2.75) is 31.7 Å². The van der Waals surface area contributed by atoms with E-state index < -0.39 is 0 Å². The number of rotatable bonds is 5. The third-order valence-electron chi connectivity index (χ3n) is 3.93. The maximum Gasteiger partial charge on any atom is 0.227 e. The number of nitrogens with one attached hydrogen (secondary N) is 1. The summed E-state index contributed by atoms with van der Waals surface area (Å²) in [6, 6.07) is 2.43. The number of anilines is 2. The van der Waals surface area contributed by atoms with Crippen LogP contribution in [-0.4, -0.2) is 48.1 Å². The highest BCUT2D eigenvalue weighted by molar-refractivity contribution is 7.80. The Kier molecular flexibility index (Phi) is 3.77. The van der Waals surface area contributed by atoms with E-state index in [4.69, 9.17) is 9.72 Å². The summed E-state index contributed by atoms with van der Waals surface area (Å²) in [6.07, 6.45) is 1.22. The zero-order valence-electron chi connectivity index (χ0n) is 12.1. The number of hydrogen-bond donors (Lipinski definition) is 2. The fraction of sp³-hybridized carbons (Fsp3) is 0.714. The summed E-state index contributed by atoms with van der Waals surface area (Å²) in [5.41, 5.74) is 0.991. The van der Waals surface area contributed by atoms with Crippen LogP contribution in [0.1, 0.15) is 26.0 Å². The lowest BCUT2D eigenvalue weighted by Crippen LogP contribution is -2.41. The Morgan fingerprint density at radius 2 is 2.15 bits per heavy atom. The number of hydrogen-bond acceptors (Lipinski definition) is 6. The van der Waals surface area contributed by atoms with Gasteiger partial charge in [-0.05, 0) is 6.42 Å². The van der Waals surface area contributed by atoms with Gasteiger partial charge in [-0.1, -0.05) is 13.8 Å². The predicted molar refractivity (Wildman–Crippen MR) is 84.0 cm³/mol. The van der Waals surface area contributed by atoms with Gasteiger partial charge in [0.2, 0.25) is 5.95 Å². The van der Waals surface area contributed by atoms with Crippen LogP contribution in [0.3, 0.4) is 0 Å². The Balaban J connectivity index is 1.89. The van der Waals surface area contributed by atoms with Crippen molar-refractivity contribution in [3.8, 4) is 0 Å². The molecule has 3 rings (SSSR count). The first-order valence-electron chi connectivity index (χ1n) is 7.18. The van der Waals surface area contributed by atoms with Gasteiger partial charge in [0.25, 0.3) is 0 Å². The lowest BCUT2D eigenvalue weighted by atomic mass is 9.91. The fourth-order valence-electron chi connectivity index (χ4n) is 2.12. The van der Waals surface area contributed by atoms with E-state index >= 15 is 0 Å². The van der Waals surface area contributed by atoms with Gasteiger partial charge in [-0.25, -0.2) is 4.98 Å². The molecule has 2 fully saturated rings. The SMILES string of the molecule is CC(C)(CS)c1cc(NC2COC2)nc(N2CCC2)n1. The molecular formula is C14H22N4OS. The van der Waals surface area contributed by atoms with Gasteiger partial charge in [0, 0.05) is 30.3 Å². The lowest BCUT2D eigenvalue weighted by molar-refractivity contribution is 0.0209. The third kappa shape index (κ3) is 2.72. The largest absolute Gasteiger partial charge is 0.377 e. The van der Waals surface area contributed by atoms with E-state index in [0.29, 0.717) is 6.04 Å². The Bertz CT molecular complexity index is 486. The minimum absolute atomic E-state index is 0.0573. The molecule has 0 atom stereocenters. The van der Waals surface area contributed by atoms with Crippen molar-refractivity contribution in [1.29, 1.82) is 0 Å². The molecule has 1 aromatic rings. The van der Waals surface area contributed by atoms with Crippen molar-refractivity contribution in [2.75, 3.05) is 42.3 Å². The Morgan fingerprint density at radius 3 is 2.65 bits per heavy atom. The smallest absolute Gasteiger partial charge is 0.227 e. The van der Waals surface area contributed by atoms with Crippen LogP contribution in [0.25, 0.3) is 0 Å². The summed E-state index contributed by atoms with van der Waals surface area (Å²) in [6.45, 7) is 7.95. The van der Waals surface area contributed by atoms with Crippen molar-refractivity contribution < 1.29 is 4.74 Å². The number of nitrogens with zero attached hydrogens (tertiary/aromatic N) is 3. The van der Waals surface area contributed by atoms with Crippen LogP contribution < -0.4 is 10.2 Å². The number of aromatic nitrogens is 2. The van der Waals surface area contributed by atoms with Gasteiger partial charge in [-0.15, -0.1) is 0 Å². The van der Waals surface area contributed by atoms with Crippen molar-refractivity contribution in [3.05, 3.63) is 11.8 Å². The molecule has 1 aromatic heterocycles.